The molecule has 1 fully saturated rings. The van der Waals surface area contributed by atoms with Crippen LogP contribution in [-0.2, 0) is 0 Å². The molecule has 1 aromatic carbocycles. The van der Waals surface area contributed by atoms with Gasteiger partial charge in [0.2, 0.25) is 0 Å². The Labute approximate surface area is 108 Å². The quantitative estimate of drug-likeness (QED) is 0.811. The molecule has 1 aliphatic rings. The highest BCUT2D eigenvalue weighted by atomic mass is 79.9. The zero-order valence-corrected chi connectivity index (χ0v) is 11.0. The normalized spacial score (nSPS) is 24.1. The monoisotopic (exact) mass is 299 g/mol. The van der Waals surface area contributed by atoms with E-state index in [4.69, 9.17) is 0 Å². The first-order chi connectivity index (χ1) is 7.99. The maximum atomic E-state index is 12.1. The van der Waals surface area contributed by atoms with E-state index in [1.165, 1.54) is 4.90 Å². The van der Waals surface area contributed by atoms with Gasteiger partial charge in [0.1, 0.15) is 0 Å². The van der Waals surface area contributed by atoms with Crippen LogP contribution in [0.15, 0.2) is 22.7 Å². The first-order valence-corrected chi connectivity index (χ1v) is 6.20. The number of hydrogen-bond acceptors (Lipinski definition) is 3. The van der Waals surface area contributed by atoms with Gasteiger partial charge in [-0.3, -0.25) is 4.79 Å². The maximum absolute atomic E-state index is 12.1. The van der Waals surface area contributed by atoms with E-state index in [9.17, 15) is 15.0 Å². The molecule has 1 aliphatic heterocycles. The Kier molecular flexibility index (Phi) is 3.51. The molecule has 0 saturated carbocycles. The van der Waals surface area contributed by atoms with Crippen LogP contribution >= 0.6 is 15.9 Å². The van der Waals surface area contributed by atoms with Gasteiger partial charge >= 0.3 is 0 Å². The third-order valence-corrected chi connectivity index (χ3v) is 3.56. The molecule has 1 heterocycles. The molecule has 0 bridgehead atoms. The van der Waals surface area contributed by atoms with Crippen LogP contribution in [-0.4, -0.2) is 46.3 Å². The zero-order valence-electron chi connectivity index (χ0n) is 9.43. The van der Waals surface area contributed by atoms with E-state index in [0.29, 0.717) is 5.56 Å². The molecular weight excluding hydrogens is 286 g/mol. The minimum atomic E-state index is -0.844. The fourth-order valence-electron chi connectivity index (χ4n) is 1.90. The first-order valence-electron chi connectivity index (χ1n) is 5.40. The Bertz CT molecular complexity index is 439. The number of carbonyl (C=O) groups excluding carboxylic acids is 1. The van der Waals surface area contributed by atoms with E-state index >= 15 is 0 Å². The summed E-state index contributed by atoms with van der Waals surface area (Å²) < 4.78 is 0.735. The highest BCUT2D eigenvalue weighted by Gasteiger charge is 2.33. The van der Waals surface area contributed by atoms with Crippen molar-refractivity contribution in [1.29, 1.82) is 0 Å². The van der Waals surface area contributed by atoms with Gasteiger partial charge < -0.3 is 15.1 Å². The number of carbonyl (C=O) groups is 1. The number of aliphatic hydroxyl groups excluding tert-OH is 2. The lowest BCUT2D eigenvalue weighted by Crippen LogP contribution is -2.30. The van der Waals surface area contributed by atoms with E-state index in [2.05, 4.69) is 15.9 Å². The number of amides is 1. The standard InChI is InChI=1S/C12H14BrNO3/c1-7-2-3-8(9(13)4-7)12(17)14-5-10(15)11(16)6-14/h2-4,10-11,15-16H,5-6H2,1H3/t10-,11+. The number of aryl methyl sites for hydroxylation is 1. The van der Waals surface area contributed by atoms with Crippen molar-refractivity contribution in [3.8, 4) is 0 Å². The summed E-state index contributed by atoms with van der Waals surface area (Å²) in [5, 5.41) is 18.8. The molecule has 0 aliphatic carbocycles. The number of β-amino-alcohol motifs (C(OH)–C–C–N with tert-alkyl or cyclic N) is 2. The van der Waals surface area contributed by atoms with Crippen molar-refractivity contribution in [3.05, 3.63) is 33.8 Å². The topological polar surface area (TPSA) is 60.8 Å². The smallest absolute Gasteiger partial charge is 0.255 e. The van der Waals surface area contributed by atoms with Gasteiger partial charge in [0, 0.05) is 17.6 Å². The number of halogens is 1. The molecule has 2 atom stereocenters. The molecule has 92 valence electrons. The van der Waals surface area contributed by atoms with Gasteiger partial charge in [0.05, 0.1) is 17.8 Å². The van der Waals surface area contributed by atoms with Crippen molar-refractivity contribution in [2.75, 3.05) is 13.1 Å². The lowest BCUT2D eigenvalue weighted by molar-refractivity contribution is 0.0572. The molecule has 4 nitrogen and oxygen atoms in total. The van der Waals surface area contributed by atoms with Crippen LogP contribution < -0.4 is 0 Å². The van der Waals surface area contributed by atoms with E-state index in [1.807, 2.05) is 19.1 Å². The summed E-state index contributed by atoms with van der Waals surface area (Å²) in [6.07, 6.45) is -1.69. The van der Waals surface area contributed by atoms with Crippen LogP contribution in [0, 0.1) is 6.92 Å². The molecule has 17 heavy (non-hydrogen) atoms. The SMILES string of the molecule is Cc1ccc(C(=O)N2C[C@@H](O)[C@@H](O)C2)c(Br)c1. The van der Waals surface area contributed by atoms with E-state index < -0.39 is 12.2 Å². The highest BCUT2D eigenvalue weighted by Crippen LogP contribution is 2.22. The molecular formula is C12H14BrNO3. The van der Waals surface area contributed by atoms with E-state index in [0.717, 1.165) is 10.0 Å². The fraction of sp³-hybridized carbons (Fsp3) is 0.417. The summed E-state index contributed by atoms with van der Waals surface area (Å²) in [4.78, 5) is 13.6. The molecule has 0 radical (unpaired) electrons. The molecule has 2 rings (SSSR count). The maximum Gasteiger partial charge on any atom is 0.255 e. The lowest BCUT2D eigenvalue weighted by Gasteiger charge is -2.16. The number of benzene rings is 1. The number of hydrogen-bond donors (Lipinski definition) is 2. The Morgan fingerprint density at radius 1 is 1.35 bits per heavy atom. The average molecular weight is 300 g/mol. The van der Waals surface area contributed by atoms with Gasteiger partial charge in [-0.05, 0) is 40.5 Å². The molecule has 0 unspecified atom stereocenters. The van der Waals surface area contributed by atoms with Gasteiger partial charge in [-0.2, -0.15) is 0 Å². The predicted molar refractivity (Wildman–Crippen MR) is 66.8 cm³/mol. The minimum absolute atomic E-state index is 0.174. The van der Waals surface area contributed by atoms with E-state index in [-0.39, 0.29) is 19.0 Å². The summed E-state index contributed by atoms with van der Waals surface area (Å²) in [5.74, 6) is -0.174. The first kappa shape index (κ1) is 12.5. The van der Waals surface area contributed by atoms with Crippen molar-refractivity contribution in [3.63, 3.8) is 0 Å². The van der Waals surface area contributed by atoms with Gasteiger partial charge in [0.25, 0.3) is 5.91 Å². The van der Waals surface area contributed by atoms with Crippen LogP contribution in [0.2, 0.25) is 0 Å². The van der Waals surface area contributed by atoms with Crippen LogP contribution in [0.5, 0.6) is 0 Å². The predicted octanol–water partition coefficient (Wildman–Crippen LogP) is 0.935. The molecule has 2 N–H and O–H groups in total. The van der Waals surface area contributed by atoms with Gasteiger partial charge in [0.15, 0.2) is 0 Å². The number of rotatable bonds is 1. The summed E-state index contributed by atoms with van der Waals surface area (Å²) in [6, 6.07) is 5.48. The molecule has 0 aromatic heterocycles. The third-order valence-electron chi connectivity index (χ3n) is 2.90. The van der Waals surface area contributed by atoms with Gasteiger partial charge in [-0.25, -0.2) is 0 Å². The summed E-state index contributed by atoms with van der Waals surface area (Å²) in [7, 11) is 0. The Balaban J connectivity index is 2.20. The van der Waals surface area contributed by atoms with Gasteiger partial charge in [-0.1, -0.05) is 6.07 Å². The lowest BCUT2D eigenvalue weighted by atomic mass is 10.1. The highest BCUT2D eigenvalue weighted by molar-refractivity contribution is 9.10. The van der Waals surface area contributed by atoms with Crippen molar-refractivity contribution < 1.29 is 15.0 Å². The second kappa shape index (κ2) is 4.76. The zero-order chi connectivity index (χ0) is 12.6. The Morgan fingerprint density at radius 2 is 1.94 bits per heavy atom. The molecule has 5 heteroatoms. The van der Waals surface area contributed by atoms with Crippen molar-refractivity contribution in [1.82, 2.24) is 4.90 Å². The van der Waals surface area contributed by atoms with Crippen molar-refractivity contribution in [2.45, 2.75) is 19.1 Å². The second-order valence-corrected chi connectivity index (χ2v) is 5.18. The largest absolute Gasteiger partial charge is 0.388 e. The average Bonchev–Trinajstić information content (AvgIpc) is 2.58. The number of aliphatic hydroxyl groups is 2. The molecule has 0 spiro atoms. The van der Waals surface area contributed by atoms with E-state index in [1.54, 1.807) is 6.07 Å². The van der Waals surface area contributed by atoms with Crippen LogP contribution in [0.1, 0.15) is 15.9 Å². The molecule has 1 amide bonds. The fourth-order valence-corrected chi connectivity index (χ4v) is 2.56. The van der Waals surface area contributed by atoms with Crippen molar-refractivity contribution in [2.24, 2.45) is 0 Å². The van der Waals surface area contributed by atoms with Crippen LogP contribution in [0.3, 0.4) is 0 Å². The Hall–Kier alpha value is -0.910. The number of likely N-dealkylation sites (tertiary alicyclic amines) is 1. The molecule has 1 saturated heterocycles. The third kappa shape index (κ3) is 2.51. The van der Waals surface area contributed by atoms with Crippen LogP contribution in [0.4, 0.5) is 0 Å². The minimum Gasteiger partial charge on any atom is -0.388 e. The number of nitrogens with zero attached hydrogens (tertiary/aromatic N) is 1. The van der Waals surface area contributed by atoms with Crippen molar-refractivity contribution >= 4 is 21.8 Å². The summed E-state index contributed by atoms with van der Waals surface area (Å²) in [5.41, 5.74) is 1.62. The summed E-state index contributed by atoms with van der Waals surface area (Å²) in [6.45, 7) is 2.31. The van der Waals surface area contributed by atoms with Gasteiger partial charge in [-0.15, -0.1) is 0 Å². The van der Waals surface area contributed by atoms with Crippen LogP contribution in [0.25, 0.3) is 0 Å². The summed E-state index contributed by atoms with van der Waals surface area (Å²) >= 11 is 3.35. The molecule has 1 aromatic rings. The Morgan fingerprint density at radius 3 is 2.47 bits per heavy atom. The second-order valence-electron chi connectivity index (χ2n) is 4.33.